The molecule has 0 amide bonds. The molecule has 30 heavy (non-hydrogen) atoms. The van der Waals surface area contributed by atoms with E-state index in [-0.39, 0.29) is 0 Å². The summed E-state index contributed by atoms with van der Waals surface area (Å²) in [6.45, 7) is 4.74. The van der Waals surface area contributed by atoms with Gasteiger partial charge in [-0.15, -0.1) is 0 Å². The van der Waals surface area contributed by atoms with Crippen LogP contribution in [0.25, 0.3) is 10.9 Å². The second-order valence-corrected chi connectivity index (χ2v) is 7.79. The van der Waals surface area contributed by atoms with E-state index in [0.717, 1.165) is 28.6 Å². The number of benzene rings is 1. The number of fused-ring (bicyclic) bond motifs is 1. The van der Waals surface area contributed by atoms with Crippen LogP contribution in [0, 0.1) is 11.3 Å². The Morgan fingerprint density at radius 3 is 3.07 bits per heavy atom. The van der Waals surface area contributed by atoms with E-state index in [1.54, 1.807) is 0 Å². The summed E-state index contributed by atoms with van der Waals surface area (Å²) in [4.78, 5) is 12.5. The fraction of sp³-hybridized carbons (Fsp3) is 0.240. The second kappa shape index (κ2) is 9.01. The summed E-state index contributed by atoms with van der Waals surface area (Å²) in [5.74, 6) is 1.13. The van der Waals surface area contributed by atoms with Crippen molar-refractivity contribution in [1.29, 1.82) is 5.41 Å². The Bertz CT molecular complexity index is 1140. The van der Waals surface area contributed by atoms with Crippen molar-refractivity contribution in [1.82, 2.24) is 9.97 Å². The first-order valence-corrected chi connectivity index (χ1v) is 10.2. The second-order valence-electron chi connectivity index (χ2n) is 7.79. The molecule has 0 fully saturated rings. The standard InChI is InChI=1S/C25H26N4O/c1-17-6-8-21(13-18(2)12-17)28-25-5-3-4-23(29-25)24(15-26)30-16-19-7-9-22-20(14-19)10-11-27-22/h3-11,13-15,17,24,26-27H,12,16H2,1-2H3. The number of nitrogens with one attached hydrogen (secondary N) is 2. The summed E-state index contributed by atoms with van der Waals surface area (Å²) < 4.78 is 5.99. The van der Waals surface area contributed by atoms with Gasteiger partial charge < -0.3 is 15.1 Å². The number of pyridine rings is 1. The molecule has 0 spiro atoms. The molecule has 2 unspecified atom stereocenters. The van der Waals surface area contributed by atoms with Crippen LogP contribution >= 0.6 is 0 Å². The van der Waals surface area contributed by atoms with E-state index in [0.29, 0.717) is 24.0 Å². The molecule has 152 valence electrons. The predicted octanol–water partition coefficient (Wildman–Crippen LogP) is 6.09. The highest BCUT2D eigenvalue weighted by Gasteiger charge is 2.12. The maximum Gasteiger partial charge on any atom is 0.152 e. The fourth-order valence-corrected chi connectivity index (χ4v) is 3.66. The first-order chi connectivity index (χ1) is 14.6. The third kappa shape index (κ3) is 4.81. The summed E-state index contributed by atoms with van der Waals surface area (Å²) in [5.41, 5.74) is 5.04. The van der Waals surface area contributed by atoms with Gasteiger partial charge in [0.2, 0.25) is 0 Å². The average Bonchev–Trinajstić information content (AvgIpc) is 3.14. The molecule has 1 aliphatic rings. The van der Waals surface area contributed by atoms with Crippen LogP contribution in [0.4, 0.5) is 5.82 Å². The molecule has 2 atom stereocenters. The first-order valence-electron chi connectivity index (χ1n) is 10.2. The third-order valence-corrected chi connectivity index (χ3v) is 5.12. The van der Waals surface area contributed by atoms with Crippen LogP contribution < -0.4 is 0 Å². The number of aromatic nitrogens is 2. The van der Waals surface area contributed by atoms with Crippen molar-refractivity contribution in [3.8, 4) is 0 Å². The topological polar surface area (TPSA) is 74.1 Å². The Morgan fingerprint density at radius 2 is 2.20 bits per heavy atom. The van der Waals surface area contributed by atoms with E-state index < -0.39 is 6.10 Å². The number of H-pyrrole nitrogens is 1. The van der Waals surface area contributed by atoms with Gasteiger partial charge in [0.05, 0.1) is 18.0 Å². The molecule has 0 radical (unpaired) electrons. The van der Waals surface area contributed by atoms with Gasteiger partial charge in [0, 0.05) is 17.9 Å². The summed E-state index contributed by atoms with van der Waals surface area (Å²) >= 11 is 0. The molecule has 3 aromatic rings. The van der Waals surface area contributed by atoms with E-state index in [9.17, 15) is 0 Å². The summed E-state index contributed by atoms with van der Waals surface area (Å²) in [6.07, 6.45) is 10.1. The summed E-state index contributed by atoms with van der Waals surface area (Å²) in [5, 5.41) is 8.96. The maximum absolute atomic E-state index is 7.82. The van der Waals surface area contributed by atoms with E-state index in [2.05, 4.69) is 48.1 Å². The number of ether oxygens (including phenoxy) is 1. The number of aromatic amines is 1. The monoisotopic (exact) mass is 398 g/mol. The zero-order valence-electron chi connectivity index (χ0n) is 17.3. The molecule has 0 bridgehead atoms. The highest BCUT2D eigenvalue weighted by Crippen LogP contribution is 2.22. The highest BCUT2D eigenvalue weighted by atomic mass is 16.5. The van der Waals surface area contributed by atoms with Crippen LogP contribution in [-0.2, 0) is 11.3 Å². The lowest BCUT2D eigenvalue weighted by Gasteiger charge is -2.13. The Hall–Kier alpha value is -3.31. The van der Waals surface area contributed by atoms with Gasteiger partial charge >= 0.3 is 0 Å². The highest BCUT2D eigenvalue weighted by molar-refractivity contribution is 6.05. The summed E-state index contributed by atoms with van der Waals surface area (Å²) in [7, 11) is 0. The molecule has 1 aliphatic carbocycles. The Kier molecular flexibility index (Phi) is 6.00. The molecule has 2 heterocycles. The zero-order chi connectivity index (χ0) is 20.9. The van der Waals surface area contributed by atoms with Crippen molar-refractivity contribution in [3.63, 3.8) is 0 Å². The average molecular weight is 399 g/mol. The molecule has 0 aliphatic heterocycles. The minimum Gasteiger partial charge on any atom is -0.362 e. The molecular weight excluding hydrogens is 372 g/mol. The minimum atomic E-state index is -0.519. The van der Waals surface area contributed by atoms with Crippen molar-refractivity contribution in [2.75, 3.05) is 0 Å². The number of aliphatic imine (C=N–C) groups is 1. The van der Waals surface area contributed by atoms with E-state index in [1.165, 1.54) is 11.8 Å². The van der Waals surface area contributed by atoms with Gasteiger partial charge in [-0.25, -0.2) is 9.98 Å². The number of allylic oxidation sites excluding steroid dienone is 4. The SMILES string of the molecule is CC1=CC(=Nc2cccc(C(C=N)OCc3ccc4[nH]ccc4c3)n2)C=CC(C)C1. The fourth-order valence-electron chi connectivity index (χ4n) is 3.66. The van der Waals surface area contributed by atoms with Gasteiger partial charge in [-0.2, -0.15) is 0 Å². The van der Waals surface area contributed by atoms with Crippen LogP contribution in [0.2, 0.25) is 0 Å². The van der Waals surface area contributed by atoms with Crippen molar-refractivity contribution < 1.29 is 4.74 Å². The van der Waals surface area contributed by atoms with E-state index >= 15 is 0 Å². The van der Waals surface area contributed by atoms with Crippen molar-refractivity contribution in [2.24, 2.45) is 10.9 Å². The Balaban J connectivity index is 1.51. The minimum absolute atomic E-state index is 0.407. The lowest BCUT2D eigenvalue weighted by Crippen LogP contribution is -2.07. The van der Waals surface area contributed by atoms with Crippen molar-refractivity contribution in [3.05, 3.63) is 83.7 Å². The van der Waals surface area contributed by atoms with Gasteiger partial charge in [-0.05, 0) is 72.7 Å². The number of rotatable bonds is 6. The lowest BCUT2D eigenvalue weighted by atomic mass is 10.0. The van der Waals surface area contributed by atoms with Crippen molar-refractivity contribution in [2.45, 2.75) is 33.0 Å². The van der Waals surface area contributed by atoms with Gasteiger partial charge in [-0.1, -0.05) is 30.7 Å². The molecule has 0 saturated carbocycles. The first kappa shape index (κ1) is 20.0. The lowest BCUT2D eigenvalue weighted by molar-refractivity contribution is 0.0847. The molecule has 2 aromatic heterocycles. The van der Waals surface area contributed by atoms with Gasteiger partial charge in [0.1, 0.15) is 6.10 Å². The van der Waals surface area contributed by atoms with Gasteiger partial charge in [0.25, 0.3) is 0 Å². The van der Waals surface area contributed by atoms with Crippen LogP contribution in [-0.4, -0.2) is 21.9 Å². The van der Waals surface area contributed by atoms with Gasteiger partial charge in [0.15, 0.2) is 5.82 Å². The molecule has 5 nitrogen and oxygen atoms in total. The quantitative estimate of drug-likeness (QED) is 0.493. The molecule has 4 rings (SSSR count). The van der Waals surface area contributed by atoms with E-state index in [1.807, 2.05) is 42.6 Å². The predicted molar refractivity (Wildman–Crippen MR) is 123 cm³/mol. The largest absolute Gasteiger partial charge is 0.362 e. The van der Waals surface area contributed by atoms with Crippen LogP contribution in [0.15, 0.2) is 77.5 Å². The molecular formula is C25H26N4O. The van der Waals surface area contributed by atoms with Crippen LogP contribution in [0.3, 0.4) is 0 Å². The van der Waals surface area contributed by atoms with E-state index in [4.69, 9.17) is 15.1 Å². The maximum atomic E-state index is 7.82. The smallest absolute Gasteiger partial charge is 0.152 e. The Morgan fingerprint density at radius 1 is 1.30 bits per heavy atom. The Labute approximate surface area is 176 Å². The number of nitrogens with zero attached hydrogens (tertiary/aromatic N) is 2. The molecule has 0 saturated heterocycles. The molecule has 1 aromatic carbocycles. The van der Waals surface area contributed by atoms with Crippen LogP contribution in [0.1, 0.15) is 37.6 Å². The number of hydrogen-bond donors (Lipinski definition) is 2. The zero-order valence-corrected chi connectivity index (χ0v) is 17.3. The third-order valence-electron chi connectivity index (χ3n) is 5.12. The molecule has 2 N–H and O–H groups in total. The van der Waals surface area contributed by atoms with Crippen molar-refractivity contribution >= 4 is 28.6 Å². The van der Waals surface area contributed by atoms with Crippen LogP contribution in [0.5, 0.6) is 0 Å². The summed E-state index contributed by atoms with van der Waals surface area (Å²) in [6, 6.07) is 13.9. The molecule has 5 heteroatoms. The van der Waals surface area contributed by atoms with Gasteiger partial charge in [-0.3, -0.25) is 0 Å². The normalized spacial score (nSPS) is 18.9. The number of hydrogen-bond acceptors (Lipinski definition) is 4.